The summed E-state index contributed by atoms with van der Waals surface area (Å²) in [6.07, 6.45) is 0.109. The second-order valence-corrected chi connectivity index (χ2v) is 5.31. The molecule has 0 radical (unpaired) electrons. The zero-order valence-corrected chi connectivity index (χ0v) is 9.88. The summed E-state index contributed by atoms with van der Waals surface area (Å²) >= 11 is 1.89. The Hall–Kier alpha value is -0.960. The molecule has 0 spiro atoms. The average molecular weight is 224 g/mol. The SMILES string of the molecule is CC(C)SCc1ccc(CC(=O)O)cc1. The third-order valence-corrected chi connectivity index (χ3v) is 3.13. The standard InChI is InChI=1S/C12H16O2S/c1-9(2)15-8-11-5-3-10(4-6-11)7-12(13)14/h3-6,9H,7-8H2,1-2H3,(H,13,14). The summed E-state index contributed by atoms with van der Waals surface area (Å²) in [7, 11) is 0. The number of thioether (sulfide) groups is 1. The first kappa shape index (κ1) is 12.1. The maximum absolute atomic E-state index is 10.5. The van der Waals surface area contributed by atoms with Gasteiger partial charge in [0.15, 0.2) is 0 Å². The molecule has 0 bridgehead atoms. The van der Waals surface area contributed by atoms with Crippen molar-refractivity contribution in [3.63, 3.8) is 0 Å². The van der Waals surface area contributed by atoms with Gasteiger partial charge in [0.1, 0.15) is 0 Å². The van der Waals surface area contributed by atoms with Crippen LogP contribution in [0.1, 0.15) is 25.0 Å². The van der Waals surface area contributed by atoms with Gasteiger partial charge in [0, 0.05) is 5.75 Å². The molecule has 0 fully saturated rings. The maximum Gasteiger partial charge on any atom is 0.307 e. The van der Waals surface area contributed by atoms with Crippen LogP contribution in [0.25, 0.3) is 0 Å². The smallest absolute Gasteiger partial charge is 0.307 e. The first-order valence-corrected chi connectivity index (χ1v) is 6.04. The van der Waals surface area contributed by atoms with E-state index in [1.807, 2.05) is 36.0 Å². The van der Waals surface area contributed by atoms with Gasteiger partial charge in [0.2, 0.25) is 0 Å². The molecule has 0 aliphatic carbocycles. The summed E-state index contributed by atoms with van der Waals surface area (Å²) in [4.78, 5) is 10.5. The molecule has 3 heteroatoms. The van der Waals surface area contributed by atoms with Crippen LogP contribution in [0.15, 0.2) is 24.3 Å². The Balaban J connectivity index is 2.52. The van der Waals surface area contributed by atoms with Crippen LogP contribution in [0.3, 0.4) is 0 Å². The van der Waals surface area contributed by atoms with Crippen molar-refractivity contribution in [3.8, 4) is 0 Å². The molecule has 0 unspecified atom stereocenters. The van der Waals surface area contributed by atoms with Crippen molar-refractivity contribution < 1.29 is 9.90 Å². The van der Waals surface area contributed by atoms with Crippen molar-refractivity contribution in [1.82, 2.24) is 0 Å². The number of benzene rings is 1. The van der Waals surface area contributed by atoms with E-state index in [-0.39, 0.29) is 6.42 Å². The topological polar surface area (TPSA) is 37.3 Å². The van der Waals surface area contributed by atoms with Crippen LogP contribution in [0.5, 0.6) is 0 Å². The van der Waals surface area contributed by atoms with E-state index >= 15 is 0 Å². The largest absolute Gasteiger partial charge is 0.481 e. The van der Waals surface area contributed by atoms with Gasteiger partial charge >= 0.3 is 5.97 Å². The van der Waals surface area contributed by atoms with Gasteiger partial charge < -0.3 is 5.11 Å². The van der Waals surface area contributed by atoms with Gasteiger partial charge in [-0.25, -0.2) is 0 Å². The molecule has 0 saturated carbocycles. The molecular weight excluding hydrogens is 208 g/mol. The lowest BCUT2D eigenvalue weighted by Crippen LogP contribution is -1.99. The van der Waals surface area contributed by atoms with Gasteiger partial charge in [-0.05, 0) is 16.4 Å². The highest BCUT2D eigenvalue weighted by Crippen LogP contribution is 2.17. The highest BCUT2D eigenvalue weighted by Gasteiger charge is 2.01. The zero-order valence-electron chi connectivity index (χ0n) is 9.06. The molecule has 1 rings (SSSR count). The first-order valence-electron chi connectivity index (χ1n) is 4.99. The summed E-state index contributed by atoms with van der Waals surface area (Å²) in [6, 6.07) is 7.80. The van der Waals surface area contributed by atoms with Gasteiger partial charge in [0.05, 0.1) is 6.42 Å². The van der Waals surface area contributed by atoms with E-state index in [4.69, 9.17) is 5.11 Å². The van der Waals surface area contributed by atoms with Crippen LogP contribution in [0.2, 0.25) is 0 Å². The fraction of sp³-hybridized carbons (Fsp3) is 0.417. The van der Waals surface area contributed by atoms with Crippen molar-refractivity contribution in [2.45, 2.75) is 31.3 Å². The van der Waals surface area contributed by atoms with E-state index < -0.39 is 5.97 Å². The molecule has 0 heterocycles. The number of carboxylic acids is 1. The minimum absolute atomic E-state index is 0.109. The van der Waals surface area contributed by atoms with Gasteiger partial charge in [-0.2, -0.15) is 11.8 Å². The molecule has 1 N–H and O–H groups in total. The molecule has 82 valence electrons. The van der Waals surface area contributed by atoms with Crippen LogP contribution in [-0.2, 0) is 17.0 Å². The third-order valence-electron chi connectivity index (χ3n) is 1.96. The van der Waals surface area contributed by atoms with Crippen LogP contribution >= 0.6 is 11.8 Å². The second-order valence-electron chi connectivity index (χ2n) is 3.75. The average Bonchev–Trinajstić information content (AvgIpc) is 2.16. The van der Waals surface area contributed by atoms with Crippen LogP contribution in [0, 0.1) is 0 Å². The summed E-state index contributed by atoms with van der Waals surface area (Å²) < 4.78 is 0. The minimum Gasteiger partial charge on any atom is -0.481 e. The van der Waals surface area contributed by atoms with Crippen molar-refractivity contribution >= 4 is 17.7 Å². The normalized spacial score (nSPS) is 10.6. The molecule has 1 aromatic rings. The second kappa shape index (κ2) is 5.81. The quantitative estimate of drug-likeness (QED) is 0.835. The molecular formula is C12H16O2S. The fourth-order valence-corrected chi connectivity index (χ4v) is 1.91. The molecule has 0 saturated heterocycles. The molecule has 15 heavy (non-hydrogen) atoms. The van der Waals surface area contributed by atoms with Gasteiger partial charge in [-0.15, -0.1) is 0 Å². The lowest BCUT2D eigenvalue weighted by molar-refractivity contribution is -0.136. The van der Waals surface area contributed by atoms with E-state index in [0.29, 0.717) is 5.25 Å². The lowest BCUT2D eigenvalue weighted by atomic mass is 10.1. The molecule has 1 aromatic carbocycles. The summed E-state index contributed by atoms with van der Waals surface area (Å²) in [6.45, 7) is 4.34. The number of carbonyl (C=O) groups is 1. The number of aliphatic carboxylic acids is 1. The maximum atomic E-state index is 10.5. The molecule has 0 aliphatic rings. The Morgan fingerprint density at radius 1 is 1.27 bits per heavy atom. The van der Waals surface area contributed by atoms with Gasteiger partial charge in [-0.1, -0.05) is 38.1 Å². The molecule has 2 nitrogen and oxygen atoms in total. The highest BCUT2D eigenvalue weighted by molar-refractivity contribution is 7.99. The number of rotatable bonds is 5. The van der Waals surface area contributed by atoms with Crippen LogP contribution in [0.4, 0.5) is 0 Å². The van der Waals surface area contributed by atoms with Crippen LogP contribution in [-0.4, -0.2) is 16.3 Å². The van der Waals surface area contributed by atoms with E-state index in [0.717, 1.165) is 11.3 Å². The van der Waals surface area contributed by atoms with E-state index in [9.17, 15) is 4.79 Å². The Morgan fingerprint density at radius 3 is 2.27 bits per heavy atom. The van der Waals surface area contributed by atoms with Gasteiger partial charge in [-0.3, -0.25) is 4.79 Å². The fourth-order valence-electron chi connectivity index (χ4n) is 1.19. The Kier molecular flexibility index (Phi) is 4.69. The Morgan fingerprint density at radius 2 is 1.80 bits per heavy atom. The van der Waals surface area contributed by atoms with Crippen molar-refractivity contribution in [1.29, 1.82) is 0 Å². The first-order chi connectivity index (χ1) is 7.08. The number of hydrogen-bond donors (Lipinski definition) is 1. The van der Waals surface area contributed by atoms with E-state index in [2.05, 4.69) is 13.8 Å². The minimum atomic E-state index is -0.778. The molecule has 0 aliphatic heterocycles. The van der Waals surface area contributed by atoms with Crippen molar-refractivity contribution in [3.05, 3.63) is 35.4 Å². The summed E-state index contributed by atoms with van der Waals surface area (Å²) in [5, 5.41) is 9.24. The number of hydrogen-bond acceptors (Lipinski definition) is 2. The lowest BCUT2D eigenvalue weighted by Gasteiger charge is -2.05. The Bertz CT molecular complexity index is 317. The summed E-state index contributed by atoms with van der Waals surface area (Å²) in [5.41, 5.74) is 2.11. The predicted molar refractivity (Wildman–Crippen MR) is 64.2 cm³/mol. The molecule has 0 amide bonds. The van der Waals surface area contributed by atoms with E-state index in [1.54, 1.807) is 0 Å². The van der Waals surface area contributed by atoms with E-state index in [1.165, 1.54) is 5.56 Å². The van der Waals surface area contributed by atoms with Gasteiger partial charge in [0.25, 0.3) is 0 Å². The van der Waals surface area contributed by atoms with Crippen molar-refractivity contribution in [2.24, 2.45) is 0 Å². The number of carboxylic acid groups (broad SMARTS) is 1. The highest BCUT2D eigenvalue weighted by atomic mass is 32.2. The zero-order chi connectivity index (χ0) is 11.3. The van der Waals surface area contributed by atoms with Crippen molar-refractivity contribution in [2.75, 3.05) is 0 Å². The third kappa shape index (κ3) is 4.88. The monoisotopic (exact) mass is 224 g/mol. The molecule has 0 aromatic heterocycles. The Labute approximate surface area is 94.7 Å². The van der Waals surface area contributed by atoms with Crippen LogP contribution < -0.4 is 0 Å². The predicted octanol–water partition coefficient (Wildman–Crippen LogP) is 2.96. The summed E-state index contributed by atoms with van der Waals surface area (Å²) in [5.74, 6) is 0.213. The molecule has 0 atom stereocenters.